The van der Waals surface area contributed by atoms with Gasteiger partial charge in [0.15, 0.2) is 12.4 Å². The number of carbonyl (C=O) groups excluding carboxylic acids is 2. The first-order valence-corrected chi connectivity index (χ1v) is 21.4. The van der Waals surface area contributed by atoms with Gasteiger partial charge in [0.2, 0.25) is 0 Å². The molecular weight excluding hydrogens is 676 g/mol. The maximum atomic E-state index is 12.7. The first kappa shape index (κ1) is 49.2. The number of allylic oxidation sites excluding steroid dienone is 4. The second kappa shape index (κ2) is 34.7. The van der Waals surface area contributed by atoms with Crippen LogP contribution < -0.4 is 0 Å². The zero-order valence-electron chi connectivity index (χ0n) is 33.5. The van der Waals surface area contributed by atoms with E-state index in [-0.39, 0.29) is 32.0 Å². The molecule has 0 aromatic rings. The molecule has 0 amide bonds. The number of hydrogen-bond donors (Lipinski definition) is 4. The lowest BCUT2D eigenvalue weighted by Gasteiger charge is -2.39. The van der Waals surface area contributed by atoms with Crippen LogP contribution in [-0.4, -0.2) is 89.0 Å². The molecule has 2 unspecified atom stereocenters. The summed E-state index contributed by atoms with van der Waals surface area (Å²) in [5.74, 6) is -0.840. The molecule has 0 aliphatic carbocycles. The van der Waals surface area contributed by atoms with E-state index in [1.54, 1.807) is 0 Å². The van der Waals surface area contributed by atoms with Gasteiger partial charge >= 0.3 is 11.9 Å². The van der Waals surface area contributed by atoms with Gasteiger partial charge in [-0.05, 0) is 64.2 Å². The highest BCUT2D eigenvalue weighted by atomic mass is 16.7. The number of aliphatic hydroxyl groups excluding tert-OH is 4. The molecule has 53 heavy (non-hydrogen) atoms. The van der Waals surface area contributed by atoms with Crippen LogP contribution in [0.3, 0.4) is 0 Å². The lowest BCUT2D eigenvalue weighted by Crippen LogP contribution is -2.59. The summed E-state index contributed by atoms with van der Waals surface area (Å²) in [7, 11) is 0. The van der Waals surface area contributed by atoms with Crippen LogP contribution >= 0.6 is 0 Å². The number of aliphatic hydroxyl groups is 4. The van der Waals surface area contributed by atoms with Crippen molar-refractivity contribution in [3.8, 4) is 0 Å². The minimum atomic E-state index is -1.60. The number of ether oxygens (including phenoxy) is 4. The van der Waals surface area contributed by atoms with Crippen molar-refractivity contribution in [2.45, 2.75) is 218 Å². The van der Waals surface area contributed by atoms with Gasteiger partial charge in [0.1, 0.15) is 31.0 Å². The second-order valence-corrected chi connectivity index (χ2v) is 14.8. The lowest BCUT2D eigenvalue weighted by atomic mass is 9.99. The molecule has 1 heterocycles. The smallest absolute Gasteiger partial charge is 0.306 e. The number of carbonyl (C=O) groups is 2. The average molecular weight is 755 g/mol. The number of esters is 2. The summed E-state index contributed by atoms with van der Waals surface area (Å²) in [6.45, 7) is 3.37. The number of rotatable bonds is 35. The van der Waals surface area contributed by atoms with Crippen molar-refractivity contribution in [3.63, 3.8) is 0 Å². The SMILES string of the molecule is CCCCCC/C=C/CCCCCCCC(=O)OC[C@H](CO[C@@H]1O[C@H](CO)[C@H](O)C(O)C1O)OC(=O)CCCC/C=C/CCCCCCCCCCC. The van der Waals surface area contributed by atoms with E-state index in [0.717, 1.165) is 51.4 Å². The van der Waals surface area contributed by atoms with Crippen molar-refractivity contribution in [1.82, 2.24) is 0 Å². The second-order valence-electron chi connectivity index (χ2n) is 14.8. The van der Waals surface area contributed by atoms with Crippen LogP contribution in [0.25, 0.3) is 0 Å². The van der Waals surface area contributed by atoms with Crippen LogP contribution in [0.5, 0.6) is 0 Å². The molecular formula is C43H78O10. The van der Waals surface area contributed by atoms with Gasteiger partial charge in [0.25, 0.3) is 0 Å². The number of unbranched alkanes of at least 4 members (excludes halogenated alkanes) is 20. The van der Waals surface area contributed by atoms with Crippen LogP contribution in [0, 0.1) is 0 Å². The van der Waals surface area contributed by atoms with Crippen molar-refractivity contribution >= 4 is 11.9 Å². The summed E-state index contributed by atoms with van der Waals surface area (Å²) < 4.78 is 22.1. The Hall–Kier alpha value is -1.82. The predicted molar refractivity (Wildman–Crippen MR) is 210 cm³/mol. The number of hydrogen-bond acceptors (Lipinski definition) is 10. The third kappa shape index (κ3) is 26.6. The Morgan fingerprint density at radius 1 is 0.566 bits per heavy atom. The van der Waals surface area contributed by atoms with E-state index in [1.165, 1.54) is 89.9 Å². The molecule has 6 atom stereocenters. The lowest BCUT2D eigenvalue weighted by molar-refractivity contribution is -0.305. The van der Waals surface area contributed by atoms with Gasteiger partial charge in [0.05, 0.1) is 13.2 Å². The highest BCUT2D eigenvalue weighted by Crippen LogP contribution is 2.22. The van der Waals surface area contributed by atoms with Crippen LogP contribution in [0.2, 0.25) is 0 Å². The van der Waals surface area contributed by atoms with E-state index in [0.29, 0.717) is 12.8 Å². The summed E-state index contributed by atoms with van der Waals surface area (Å²) in [5.41, 5.74) is 0. The van der Waals surface area contributed by atoms with E-state index in [2.05, 4.69) is 38.2 Å². The highest BCUT2D eigenvalue weighted by molar-refractivity contribution is 5.70. The molecule has 0 spiro atoms. The third-order valence-corrected chi connectivity index (χ3v) is 9.81. The molecule has 0 bridgehead atoms. The van der Waals surface area contributed by atoms with Crippen LogP contribution in [-0.2, 0) is 28.5 Å². The Morgan fingerprint density at radius 2 is 1.00 bits per heavy atom. The van der Waals surface area contributed by atoms with E-state index >= 15 is 0 Å². The molecule has 310 valence electrons. The fourth-order valence-electron chi connectivity index (χ4n) is 6.35. The summed E-state index contributed by atoms with van der Waals surface area (Å²) in [6, 6.07) is 0. The Balaban J connectivity index is 2.38. The molecule has 1 rings (SSSR count). The summed E-state index contributed by atoms with van der Waals surface area (Å²) in [5, 5.41) is 40.0. The van der Waals surface area contributed by atoms with Crippen molar-refractivity contribution in [3.05, 3.63) is 24.3 Å². The third-order valence-electron chi connectivity index (χ3n) is 9.81. The summed E-state index contributed by atoms with van der Waals surface area (Å²) in [6.07, 6.45) is 29.0. The molecule has 10 nitrogen and oxygen atoms in total. The Labute approximate surface area is 322 Å². The zero-order chi connectivity index (χ0) is 38.8. The quantitative estimate of drug-likeness (QED) is 0.0281. The van der Waals surface area contributed by atoms with Gasteiger partial charge in [-0.25, -0.2) is 0 Å². The zero-order valence-corrected chi connectivity index (χ0v) is 33.5. The summed E-state index contributed by atoms with van der Waals surface area (Å²) >= 11 is 0. The van der Waals surface area contributed by atoms with Crippen LogP contribution in [0.4, 0.5) is 0 Å². The van der Waals surface area contributed by atoms with Gasteiger partial charge in [-0.15, -0.1) is 0 Å². The Morgan fingerprint density at radius 3 is 1.53 bits per heavy atom. The molecule has 1 aliphatic heterocycles. The minimum Gasteiger partial charge on any atom is -0.462 e. The molecule has 10 heteroatoms. The van der Waals surface area contributed by atoms with Crippen molar-refractivity contribution in [1.29, 1.82) is 0 Å². The molecule has 0 aromatic heterocycles. The fourth-order valence-corrected chi connectivity index (χ4v) is 6.35. The van der Waals surface area contributed by atoms with Gasteiger partial charge in [-0.3, -0.25) is 9.59 Å². The van der Waals surface area contributed by atoms with Gasteiger partial charge in [0, 0.05) is 12.8 Å². The molecule has 0 radical (unpaired) electrons. The van der Waals surface area contributed by atoms with Gasteiger partial charge in [-0.1, -0.05) is 128 Å². The predicted octanol–water partition coefficient (Wildman–Crippen LogP) is 8.55. The van der Waals surface area contributed by atoms with Gasteiger partial charge in [-0.2, -0.15) is 0 Å². The highest BCUT2D eigenvalue weighted by Gasteiger charge is 2.44. The van der Waals surface area contributed by atoms with E-state index in [9.17, 15) is 30.0 Å². The molecule has 0 aromatic carbocycles. The Bertz CT molecular complexity index is 923. The Kier molecular flexibility index (Phi) is 32.2. The van der Waals surface area contributed by atoms with E-state index in [4.69, 9.17) is 18.9 Å². The maximum absolute atomic E-state index is 12.7. The van der Waals surface area contributed by atoms with Crippen LogP contribution in [0.15, 0.2) is 24.3 Å². The monoisotopic (exact) mass is 755 g/mol. The summed E-state index contributed by atoms with van der Waals surface area (Å²) in [4.78, 5) is 25.2. The standard InChI is InChI=1S/C43H78O10/c1-3-5-7-9-11-13-15-17-18-20-22-24-26-28-30-32-39(46)52-36(35-51-43-42(49)41(48)40(47)37(33-44)53-43)34-50-38(45)31-29-27-25-23-21-19-16-14-12-10-8-6-4-2/h14,16,22,24,36-37,40-44,47-49H,3-13,15,17-21,23,25-35H2,1-2H3/b16-14+,24-22+/t36-,37-,40+,41?,42?,43-/m1/s1. The largest absolute Gasteiger partial charge is 0.462 e. The molecule has 0 saturated carbocycles. The van der Waals surface area contributed by atoms with E-state index < -0.39 is 49.4 Å². The van der Waals surface area contributed by atoms with E-state index in [1.807, 2.05) is 0 Å². The first-order valence-electron chi connectivity index (χ1n) is 21.4. The average Bonchev–Trinajstić information content (AvgIpc) is 3.15. The van der Waals surface area contributed by atoms with Crippen molar-refractivity contribution < 1.29 is 49.0 Å². The normalized spacial score (nSPS) is 21.1. The molecule has 4 N–H and O–H groups in total. The maximum Gasteiger partial charge on any atom is 0.306 e. The molecule has 1 saturated heterocycles. The fraction of sp³-hybridized carbons (Fsp3) is 0.860. The van der Waals surface area contributed by atoms with Crippen LogP contribution in [0.1, 0.15) is 181 Å². The van der Waals surface area contributed by atoms with Crippen molar-refractivity contribution in [2.75, 3.05) is 19.8 Å². The molecule has 1 fully saturated rings. The molecule has 1 aliphatic rings. The first-order chi connectivity index (χ1) is 25.8. The topological polar surface area (TPSA) is 152 Å². The van der Waals surface area contributed by atoms with Gasteiger partial charge < -0.3 is 39.4 Å². The van der Waals surface area contributed by atoms with Crippen molar-refractivity contribution in [2.24, 2.45) is 0 Å². The minimum absolute atomic E-state index is 0.200.